The van der Waals surface area contributed by atoms with Crippen molar-refractivity contribution in [3.8, 4) is 5.75 Å². The van der Waals surface area contributed by atoms with Gasteiger partial charge in [-0.3, -0.25) is 0 Å². The van der Waals surface area contributed by atoms with Crippen LogP contribution in [0.25, 0.3) is 0 Å². The average Bonchev–Trinajstić information content (AvgIpc) is 2.67. The second kappa shape index (κ2) is 7.87. The zero-order chi connectivity index (χ0) is 18.5. The van der Waals surface area contributed by atoms with Crippen molar-refractivity contribution in [3.63, 3.8) is 0 Å². The third-order valence-electron chi connectivity index (χ3n) is 4.80. The van der Waals surface area contributed by atoms with E-state index in [1.807, 2.05) is 12.1 Å². The molecule has 26 heavy (non-hydrogen) atoms. The van der Waals surface area contributed by atoms with Crippen molar-refractivity contribution < 1.29 is 15.0 Å². The highest BCUT2D eigenvalue weighted by atomic mass is 16.4. The number of benzene rings is 3. The van der Waals surface area contributed by atoms with E-state index in [0.29, 0.717) is 5.92 Å². The van der Waals surface area contributed by atoms with E-state index in [9.17, 15) is 9.90 Å². The molecule has 0 radical (unpaired) electrons. The summed E-state index contributed by atoms with van der Waals surface area (Å²) >= 11 is 0. The lowest BCUT2D eigenvalue weighted by molar-refractivity contribution is 0.0693. The maximum Gasteiger partial charge on any atom is 0.339 e. The number of aromatic hydroxyl groups is 1. The summed E-state index contributed by atoms with van der Waals surface area (Å²) in [5.41, 5.74) is 4.68. The highest BCUT2D eigenvalue weighted by molar-refractivity contribution is 5.90. The Labute approximate surface area is 153 Å². The number of carboxylic acids is 1. The lowest BCUT2D eigenvalue weighted by Crippen LogP contribution is -2.03. The molecule has 0 aliphatic heterocycles. The van der Waals surface area contributed by atoms with Crippen molar-refractivity contribution in [2.75, 3.05) is 0 Å². The molecule has 132 valence electrons. The molecule has 0 fully saturated rings. The van der Waals surface area contributed by atoms with Crippen LogP contribution in [-0.2, 0) is 12.8 Å². The second-order valence-corrected chi connectivity index (χ2v) is 6.49. The number of hydrogen-bond donors (Lipinski definition) is 2. The van der Waals surface area contributed by atoms with Gasteiger partial charge in [0.15, 0.2) is 0 Å². The van der Waals surface area contributed by atoms with Gasteiger partial charge in [-0.2, -0.15) is 0 Å². The molecule has 1 unspecified atom stereocenters. The fraction of sp³-hybridized carbons (Fsp3) is 0.174. The molecule has 3 aromatic rings. The molecule has 0 saturated heterocycles. The monoisotopic (exact) mass is 346 g/mol. The Kier molecular flexibility index (Phi) is 5.37. The molecular weight excluding hydrogens is 324 g/mol. The number of carboxylic acid groups (broad SMARTS) is 1. The standard InChI is InChI=1S/C23H22O3/c1-16(18-7-3-2-4-8-18)20-10-6-5-9-19(20)13-11-17-12-14-22(24)21(15-17)23(25)26/h2-10,12,14-16,24H,11,13H2,1H3,(H,25,26). The maximum atomic E-state index is 11.2. The predicted octanol–water partition coefficient (Wildman–Crippen LogP) is 5.03. The van der Waals surface area contributed by atoms with E-state index in [1.54, 1.807) is 12.1 Å². The summed E-state index contributed by atoms with van der Waals surface area (Å²) < 4.78 is 0. The molecule has 0 saturated carbocycles. The number of carbonyl (C=O) groups is 1. The largest absolute Gasteiger partial charge is 0.507 e. The molecule has 0 heterocycles. The Bertz CT molecular complexity index is 900. The topological polar surface area (TPSA) is 57.5 Å². The summed E-state index contributed by atoms with van der Waals surface area (Å²) in [5.74, 6) is -1.01. The molecule has 0 bridgehead atoms. The first-order valence-electron chi connectivity index (χ1n) is 8.74. The summed E-state index contributed by atoms with van der Waals surface area (Å²) in [4.78, 5) is 11.2. The Morgan fingerprint density at radius 3 is 2.35 bits per heavy atom. The van der Waals surface area contributed by atoms with Crippen LogP contribution in [0.3, 0.4) is 0 Å². The quantitative estimate of drug-likeness (QED) is 0.658. The van der Waals surface area contributed by atoms with Gasteiger partial charge in [-0.25, -0.2) is 4.79 Å². The molecule has 3 rings (SSSR count). The van der Waals surface area contributed by atoms with Crippen LogP contribution in [0.15, 0.2) is 72.8 Å². The first-order chi connectivity index (χ1) is 12.6. The van der Waals surface area contributed by atoms with Gasteiger partial charge in [0.05, 0.1) is 0 Å². The molecule has 0 amide bonds. The fourth-order valence-corrected chi connectivity index (χ4v) is 3.29. The van der Waals surface area contributed by atoms with Crippen LogP contribution in [0.5, 0.6) is 5.75 Å². The van der Waals surface area contributed by atoms with Crippen molar-refractivity contribution in [2.24, 2.45) is 0 Å². The summed E-state index contributed by atoms with van der Waals surface area (Å²) in [7, 11) is 0. The number of aryl methyl sites for hydroxylation is 2. The van der Waals surface area contributed by atoms with Crippen molar-refractivity contribution in [1.82, 2.24) is 0 Å². The van der Waals surface area contributed by atoms with Gasteiger partial charge in [0.25, 0.3) is 0 Å². The van der Waals surface area contributed by atoms with Crippen LogP contribution in [-0.4, -0.2) is 16.2 Å². The van der Waals surface area contributed by atoms with E-state index in [4.69, 9.17) is 5.11 Å². The van der Waals surface area contributed by atoms with E-state index in [0.717, 1.165) is 18.4 Å². The Morgan fingerprint density at radius 2 is 1.62 bits per heavy atom. The fourth-order valence-electron chi connectivity index (χ4n) is 3.29. The minimum Gasteiger partial charge on any atom is -0.507 e. The van der Waals surface area contributed by atoms with E-state index >= 15 is 0 Å². The second-order valence-electron chi connectivity index (χ2n) is 6.49. The molecule has 0 aliphatic rings. The normalized spacial score (nSPS) is 11.9. The van der Waals surface area contributed by atoms with Gasteiger partial charge in [-0.15, -0.1) is 0 Å². The lowest BCUT2D eigenvalue weighted by atomic mass is 9.87. The Morgan fingerprint density at radius 1 is 0.923 bits per heavy atom. The van der Waals surface area contributed by atoms with Gasteiger partial charge >= 0.3 is 5.97 Å². The highest BCUT2D eigenvalue weighted by Crippen LogP contribution is 2.28. The Balaban J connectivity index is 1.81. The summed E-state index contributed by atoms with van der Waals surface area (Å²) in [5, 5.41) is 18.8. The van der Waals surface area contributed by atoms with Gasteiger partial charge in [-0.1, -0.05) is 67.6 Å². The minimum atomic E-state index is -1.11. The molecule has 3 heteroatoms. The number of phenols is 1. The van der Waals surface area contributed by atoms with Crippen LogP contribution < -0.4 is 0 Å². The predicted molar refractivity (Wildman–Crippen MR) is 103 cm³/mol. The van der Waals surface area contributed by atoms with Crippen LogP contribution in [0, 0.1) is 0 Å². The van der Waals surface area contributed by atoms with Gasteiger partial charge in [0.1, 0.15) is 11.3 Å². The summed E-state index contributed by atoms with van der Waals surface area (Å²) in [6, 6.07) is 23.6. The number of aromatic carboxylic acids is 1. The third-order valence-corrected chi connectivity index (χ3v) is 4.80. The molecule has 0 spiro atoms. The molecule has 3 aromatic carbocycles. The first kappa shape index (κ1) is 17.7. The maximum absolute atomic E-state index is 11.2. The van der Waals surface area contributed by atoms with Crippen molar-refractivity contribution in [1.29, 1.82) is 0 Å². The lowest BCUT2D eigenvalue weighted by Gasteiger charge is -2.17. The van der Waals surface area contributed by atoms with E-state index in [1.165, 1.54) is 22.8 Å². The SMILES string of the molecule is CC(c1ccccc1)c1ccccc1CCc1ccc(O)c(C(=O)O)c1. The van der Waals surface area contributed by atoms with Crippen molar-refractivity contribution in [3.05, 3.63) is 101 Å². The van der Waals surface area contributed by atoms with E-state index in [2.05, 4.69) is 49.4 Å². The summed E-state index contributed by atoms with van der Waals surface area (Å²) in [6.07, 6.45) is 1.54. The van der Waals surface area contributed by atoms with Crippen LogP contribution in [0.1, 0.15) is 45.5 Å². The first-order valence-corrected chi connectivity index (χ1v) is 8.74. The molecule has 3 nitrogen and oxygen atoms in total. The third kappa shape index (κ3) is 3.94. The van der Waals surface area contributed by atoms with Crippen LogP contribution in [0.4, 0.5) is 0 Å². The summed E-state index contributed by atoms with van der Waals surface area (Å²) in [6.45, 7) is 2.21. The molecular formula is C23H22O3. The van der Waals surface area contributed by atoms with Gasteiger partial charge in [0.2, 0.25) is 0 Å². The van der Waals surface area contributed by atoms with Gasteiger partial charge in [-0.05, 0) is 47.2 Å². The van der Waals surface area contributed by atoms with Crippen LogP contribution >= 0.6 is 0 Å². The Hall–Kier alpha value is -3.07. The number of hydrogen-bond acceptors (Lipinski definition) is 2. The molecule has 1 atom stereocenters. The molecule has 0 aromatic heterocycles. The minimum absolute atomic E-state index is 0.0477. The van der Waals surface area contributed by atoms with Crippen LogP contribution in [0.2, 0.25) is 0 Å². The molecule has 0 aliphatic carbocycles. The zero-order valence-electron chi connectivity index (χ0n) is 14.7. The van der Waals surface area contributed by atoms with Gasteiger partial charge in [0, 0.05) is 5.92 Å². The van der Waals surface area contributed by atoms with Gasteiger partial charge < -0.3 is 10.2 Å². The molecule has 2 N–H and O–H groups in total. The van der Waals surface area contributed by atoms with E-state index in [-0.39, 0.29) is 11.3 Å². The van der Waals surface area contributed by atoms with Crippen molar-refractivity contribution >= 4 is 5.97 Å². The highest BCUT2D eigenvalue weighted by Gasteiger charge is 2.13. The average molecular weight is 346 g/mol. The van der Waals surface area contributed by atoms with Crippen molar-refractivity contribution in [2.45, 2.75) is 25.7 Å². The number of rotatable bonds is 6. The smallest absolute Gasteiger partial charge is 0.339 e. The van der Waals surface area contributed by atoms with E-state index < -0.39 is 5.97 Å². The zero-order valence-corrected chi connectivity index (χ0v) is 14.7.